The van der Waals surface area contributed by atoms with Gasteiger partial charge in [0.15, 0.2) is 0 Å². The number of ether oxygens (including phenoxy) is 1. The maximum atomic E-state index is 6.37. The summed E-state index contributed by atoms with van der Waals surface area (Å²) in [6.07, 6.45) is 4.78. The second-order valence-electron chi connectivity index (χ2n) is 5.78. The smallest absolute Gasteiger partial charge is 0.0643 e. The van der Waals surface area contributed by atoms with Gasteiger partial charge in [0.1, 0.15) is 0 Å². The number of fused-ring (bicyclic) bond motifs is 1. The van der Waals surface area contributed by atoms with Gasteiger partial charge in [0, 0.05) is 12.1 Å². The number of hydrogen-bond donors (Lipinski definition) is 1. The lowest BCUT2D eigenvalue weighted by atomic mass is 9.77. The van der Waals surface area contributed by atoms with Crippen molar-refractivity contribution in [1.82, 2.24) is 0 Å². The molecule has 0 aliphatic heterocycles. The number of nitrogens with two attached hydrogens (primary N) is 1. The third-order valence-corrected chi connectivity index (χ3v) is 3.84. The summed E-state index contributed by atoms with van der Waals surface area (Å²) in [5.41, 5.74) is 9.17. The molecule has 0 spiro atoms. The molecule has 2 heteroatoms. The zero-order valence-electron chi connectivity index (χ0n) is 11.6. The lowest BCUT2D eigenvalue weighted by Gasteiger charge is -2.33. The first kappa shape index (κ1) is 13.6. The van der Waals surface area contributed by atoms with Crippen molar-refractivity contribution in [2.24, 2.45) is 5.73 Å². The van der Waals surface area contributed by atoms with Crippen molar-refractivity contribution in [3.8, 4) is 0 Å². The Bertz CT molecular complexity index is 386. The van der Waals surface area contributed by atoms with Crippen LogP contribution in [-0.2, 0) is 11.2 Å². The van der Waals surface area contributed by atoms with Crippen LogP contribution in [-0.4, -0.2) is 18.8 Å². The third-order valence-electron chi connectivity index (χ3n) is 3.84. The van der Waals surface area contributed by atoms with Crippen molar-refractivity contribution in [2.45, 2.75) is 51.0 Å². The average molecular weight is 247 g/mol. The van der Waals surface area contributed by atoms with E-state index in [4.69, 9.17) is 10.5 Å². The Morgan fingerprint density at radius 1 is 1.39 bits per heavy atom. The summed E-state index contributed by atoms with van der Waals surface area (Å²) in [6.45, 7) is 5.53. The predicted molar refractivity (Wildman–Crippen MR) is 75.8 cm³/mol. The fourth-order valence-corrected chi connectivity index (χ4v) is 3.02. The molecule has 0 saturated heterocycles. The molecule has 2 nitrogen and oxygen atoms in total. The van der Waals surface area contributed by atoms with Crippen LogP contribution in [0.3, 0.4) is 0 Å². The van der Waals surface area contributed by atoms with E-state index in [-0.39, 0.29) is 5.54 Å². The van der Waals surface area contributed by atoms with Gasteiger partial charge < -0.3 is 10.5 Å². The predicted octanol–water partition coefficient (Wildman–Crippen LogP) is 3.25. The second-order valence-corrected chi connectivity index (χ2v) is 5.78. The number of hydrogen-bond acceptors (Lipinski definition) is 2. The molecule has 2 rings (SSSR count). The standard InChI is InChI=1S/C16H25NO/c1-3-18-12-16(2,17)11-14-9-6-8-13-7-4-5-10-15(13)14/h4-5,7,10,14H,3,6,8-9,11-12,17H2,1-2H3. The average Bonchev–Trinajstić information content (AvgIpc) is 2.37. The molecule has 0 radical (unpaired) electrons. The van der Waals surface area contributed by atoms with E-state index in [1.165, 1.54) is 30.4 Å². The number of aryl methyl sites for hydroxylation is 1. The lowest BCUT2D eigenvalue weighted by Crippen LogP contribution is -2.43. The van der Waals surface area contributed by atoms with E-state index in [0.29, 0.717) is 12.5 Å². The van der Waals surface area contributed by atoms with E-state index in [9.17, 15) is 0 Å². The van der Waals surface area contributed by atoms with E-state index >= 15 is 0 Å². The van der Waals surface area contributed by atoms with Gasteiger partial charge in [-0.25, -0.2) is 0 Å². The van der Waals surface area contributed by atoms with Gasteiger partial charge in [-0.1, -0.05) is 24.3 Å². The minimum atomic E-state index is -0.217. The van der Waals surface area contributed by atoms with E-state index in [1.807, 2.05) is 6.92 Å². The molecule has 100 valence electrons. The SMILES string of the molecule is CCOCC(C)(N)CC1CCCc2ccccc21. The quantitative estimate of drug-likeness (QED) is 0.867. The van der Waals surface area contributed by atoms with Crippen molar-refractivity contribution < 1.29 is 4.74 Å². The third kappa shape index (κ3) is 3.33. The molecule has 1 aliphatic rings. The highest BCUT2D eigenvalue weighted by Gasteiger charge is 2.28. The lowest BCUT2D eigenvalue weighted by molar-refractivity contribution is 0.0935. The largest absolute Gasteiger partial charge is 0.380 e. The van der Waals surface area contributed by atoms with Gasteiger partial charge in [0.25, 0.3) is 0 Å². The van der Waals surface area contributed by atoms with E-state index in [2.05, 4.69) is 31.2 Å². The summed E-state index contributed by atoms with van der Waals surface area (Å²) in [4.78, 5) is 0. The van der Waals surface area contributed by atoms with Gasteiger partial charge >= 0.3 is 0 Å². The molecule has 1 aliphatic carbocycles. The van der Waals surface area contributed by atoms with Crippen LogP contribution in [0.1, 0.15) is 50.2 Å². The minimum Gasteiger partial charge on any atom is -0.380 e. The van der Waals surface area contributed by atoms with Gasteiger partial charge in [-0.15, -0.1) is 0 Å². The molecule has 2 atom stereocenters. The van der Waals surface area contributed by atoms with Crippen molar-refractivity contribution in [3.63, 3.8) is 0 Å². The first-order valence-corrected chi connectivity index (χ1v) is 7.07. The summed E-state index contributed by atoms with van der Waals surface area (Å²) < 4.78 is 5.50. The van der Waals surface area contributed by atoms with Crippen molar-refractivity contribution in [1.29, 1.82) is 0 Å². The van der Waals surface area contributed by atoms with Gasteiger partial charge in [0.05, 0.1) is 6.61 Å². The molecule has 0 aromatic heterocycles. The topological polar surface area (TPSA) is 35.2 Å². The molecule has 18 heavy (non-hydrogen) atoms. The van der Waals surface area contributed by atoms with Crippen LogP contribution in [0.2, 0.25) is 0 Å². The summed E-state index contributed by atoms with van der Waals surface area (Å²) in [5.74, 6) is 0.602. The van der Waals surface area contributed by atoms with Crippen LogP contribution in [0.5, 0.6) is 0 Å². The fraction of sp³-hybridized carbons (Fsp3) is 0.625. The van der Waals surface area contributed by atoms with Crippen LogP contribution >= 0.6 is 0 Å². The normalized spacial score (nSPS) is 22.3. The zero-order valence-corrected chi connectivity index (χ0v) is 11.6. The van der Waals surface area contributed by atoms with Crippen LogP contribution in [0.15, 0.2) is 24.3 Å². The van der Waals surface area contributed by atoms with Crippen molar-refractivity contribution >= 4 is 0 Å². The molecular weight excluding hydrogens is 222 g/mol. The molecular formula is C16H25NO. The molecule has 1 aromatic carbocycles. The van der Waals surface area contributed by atoms with Crippen LogP contribution in [0.4, 0.5) is 0 Å². The van der Waals surface area contributed by atoms with E-state index < -0.39 is 0 Å². The van der Waals surface area contributed by atoms with Crippen LogP contribution in [0.25, 0.3) is 0 Å². The molecule has 0 fully saturated rings. The maximum absolute atomic E-state index is 6.37. The Balaban J connectivity index is 2.06. The molecule has 2 N–H and O–H groups in total. The number of rotatable bonds is 5. The monoisotopic (exact) mass is 247 g/mol. The van der Waals surface area contributed by atoms with Gasteiger partial charge in [-0.2, -0.15) is 0 Å². The van der Waals surface area contributed by atoms with E-state index in [1.54, 1.807) is 0 Å². The van der Waals surface area contributed by atoms with Gasteiger partial charge in [0.2, 0.25) is 0 Å². The molecule has 1 aromatic rings. The molecule has 0 saturated carbocycles. The minimum absolute atomic E-state index is 0.217. The highest BCUT2D eigenvalue weighted by atomic mass is 16.5. The molecule has 2 unspecified atom stereocenters. The molecule has 0 amide bonds. The van der Waals surface area contributed by atoms with E-state index in [0.717, 1.165) is 13.0 Å². The van der Waals surface area contributed by atoms with Crippen molar-refractivity contribution in [3.05, 3.63) is 35.4 Å². The zero-order chi connectivity index (χ0) is 13.0. The first-order chi connectivity index (χ1) is 8.62. The molecule has 0 bridgehead atoms. The second kappa shape index (κ2) is 5.85. The Hall–Kier alpha value is -0.860. The molecule has 0 heterocycles. The summed E-state index contributed by atoms with van der Waals surface area (Å²) in [5, 5.41) is 0. The highest BCUT2D eigenvalue weighted by Crippen LogP contribution is 2.36. The Labute approximate surface area is 111 Å². The Morgan fingerprint density at radius 2 is 2.17 bits per heavy atom. The van der Waals surface area contributed by atoms with Gasteiger partial charge in [-0.05, 0) is 56.6 Å². The Kier molecular flexibility index (Phi) is 4.41. The summed E-state index contributed by atoms with van der Waals surface area (Å²) in [6, 6.07) is 8.82. The van der Waals surface area contributed by atoms with Crippen LogP contribution < -0.4 is 5.73 Å². The van der Waals surface area contributed by atoms with Crippen LogP contribution in [0, 0.1) is 0 Å². The maximum Gasteiger partial charge on any atom is 0.0643 e. The summed E-state index contributed by atoms with van der Waals surface area (Å²) >= 11 is 0. The first-order valence-electron chi connectivity index (χ1n) is 7.07. The Morgan fingerprint density at radius 3 is 2.94 bits per heavy atom. The van der Waals surface area contributed by atoms with Crippen molar-refractivity contribution in [2.75, 3.05) is 13.2 Å². The highest BCUT2D eigenvalue weighted by molar-refractivity contribution is 5.32. The number of benzene rings is 1. The van der Waals surface area contributed by atoms with Gasteiger partial charge in [-0.3, -0.25) is 0 Å². The fourth-order valence-electron chi connectivity index (χ4n) is 3.02. The summed E-state index contributed by atoms with van der Waals surface area (Å²) in [7, 11) is 0.